The maximum absolute atomic E-state index is 13.9. The number of benzene rings is 3. The molecular weight excluding hydrogens is 329 g/mol. The van der Waals surface area contributed by atoms with Crippen LogP contribution < -0.4 is 5.73 Å². The van der Waals surface area contributed by atoms with E-state index in [-0.39, 0.29) is 11.9 Å². The number of hydrogen-bond acceptors (Lipinski definition) is 1. The van der Waals surface area contributed by atoms with Crippen molar-refractivity contribution in [2.75, 3.05) is 0 Å². The van der Waals surface area contributed by atoms with E-state index in [0.29, 0.717) is 5.39 Å². The smallest absolute Gasteiger partial charge is 0.131 e. The highest BCUT2D eigenvalue weighted by molar-refractivity contribution is 9.10. The van der Waals surface area contributed by atoms with Crippen molar-refractivity contribution in [1.29, 1.82) is 0 Å². The first-order valence-electron chi connectivity index (χ1n) is 6.76. The number of fused-ring (bicyclic) bond motifs is 1. The Morgan fingerprint density at radius 2 is 1.71 bits per heavy atom. The Morgan fingerprint density at radius 1 is 1.00 bits per heavy atom. The Morgan fingerprint density at radius 3 is 2.43 bits per heavy atom. The van der Waals surface area contributed by atoms with Crippen LogP contribution in [-0.2, 0) is 0 Å². The summed E-state index contributed by atoms with van der Waals surface area (Å²) < 4.78 is 15.0. The summed E-state index contributed by atoms with van der Waals surface area (Å²) in [5, 5.41) is 1.48. The molecule has 0 saturated carbocycles. The molecule has 0 bridgehead atoms. The van der Waals surface area contributed by atoms with Crippen molar-refractivity contribution >= 4 is 26.7 Å². The highest BCUT2D eigenvalue weighted by atomic mass is 79.9. The second-order valence-corrected chi connectivity index (χ2v) is 6.02. The molecule has 1 atom stereocenters. The average Bonchev–Trinajstić information content (AvgIpc) is 2.50. The maximum Gasteiger partial charge on any atom is 0.131 e. The van der Waals surface area contributed by atoms with Crippen LogP contribution in [0.15, 0.2) is 59.1 Å². The molecule has 3 heteroatoms. The fourth-order valence-electron chi connectivity index (χ4n) is 2.60. The lowest BCUT2D eigenvalue weighted by Crippen LogP contribution is -2.12. The lowest BCUT2D eigenvalue weighted by molar-refractivity contribution is 0.639. The van der Waals surface area contributed by atoms with Gasteiger partial charge in [0.25, 0.3) is 0 Å². The van der Waals surface area contributed by atoms with Crippen LogP contribution in [0.5, 0.6) is 0 Å². The molecule has 0 radical (unpaired) electrons. The summed E-state index contributed by atoms with van der Waals surface area (Å²) in [4.78, 5) is 0. The molecule has 0 fully saturated rings. The molecule has 2 N–H and O–H groups in total. The molecule has 0 aliphatic heterocycles. The summed E-state index contributed by atoms with van der Waals surface area (Å²) >= 11 is 3.49. The van der Waals surface area contributed by atoms with Crippen molar-refractivity contribution in [3.8, 4) is 0 Å². The quantitative estimate of drug-likeness (QED) is 0.688. The number of hydrogen-bond donors (Lipinski definition) is 1. The van der Waals surface area contributed by atoms with Crippen molar-refractivity contribution in [2.24, 2.45) is 5.73 Å². The molecule has 3 rings (SSSR count). The normalized spacial score (nSPS) is 12.6. The molecule has 1 nitrogen and oxygen atoms in total. The summed E-state index contributed by atoms with van der Waals surface area (Å²) in [6, 6.07) is 16.5. The minimum atomic E-state index is -0.276. The van der Waals surface area contributed by atoms with E-state index >= 15 is 0 Å². The molecule has 3 aromatic rings. The van der Waals surface area contributed by atoms with Crippen LogP contribution in [0.25, 0.3) is 10.8 Å². The molecule has 21 heavy (non-hydrogen) atoms. The summed E-state index contributed by atoms with van der Waals surface area (Å²) in [7, 11) is 0. The summed E-state index contributed by atoms with van der Waals surface area (Å²) in [6.45, 7) is 2.03. The van der Waals surface area contributed by atoms with Gasteiger partial charge in [-0.05, 0) is 41.1 Å². The van der Waals surface area contributed by atoms with E-state index in [1.54, 1.807) is 12.1 Å². The van der Waals surface area contributed by atoms with Gasteiger partial charge in [0.15, 0.2) is 0 Å². The van der Waals surface area contributed by atoms with Crippen molar-refractivity contribution in [3.05, 3.63) is 81.6 Å². The van der Waals surface area contributed by atoms with Gasteiger partial charge in [-0.2, -0.15) is 0 Å². The van der Waals surface area contributed by atoms with Crippen molar-refractivity contribution < 1.29 is 4.39 Å². The highest BCUT2D eigenvalue weighted by Gasteiger charge is 2.14. The van der Waals surface area contributed by atoms with Gasteiger partial charge in [-0.3, -0.25) is 0 Å². The van der Waals surface area contributed by atoms with Crippen LogP contribution in [0.4, 0.5) is 4.39 Å². The van der Waals surface area contributed by atoms with Crippen LogP contribution in [0, 0.1) is 12.7 Å². The first-order chi connectivity index (χ1) is 10.1. The SMILES string of the molecule is Cc1cc(C(N)c2ccc(F)c3ccccc23)ccc1Br. The molecule has 106 valence electrons. The van der Waals surface area contributed by atoms with Gasteiger partial charge >= 0.3 is 0 Å². The lowest BCUT2D eigenvalue weighted by atomic mass is 9.93. The number of rotatable bonds is 2. The van der Waals surface area contributed by atoms with Crippen LogP contribution in [0.1, 0.15) is 22.7 Å². The second-order valence-electron chi connectivity index (χ2n) is 5.17. The van der Waals surface area contributed by atoms with E-state index < -0.39 is 0 Å². The van der Waals surface area contributed by atoms with E-state index in [1.165, 1.54) is 6.07 Å². The van der Waals surface area contributed by atoms with Crippen LogP contribution in [0.3, 0.4) is 0 Å². The van der Waals surface area contributed by atoms with Gasteiger partial charge in [0.1, 0.15) is 5.82 Å². The van der Waals surface area contributed by atoms with Crippen LogP contribution >= 0.6 is 15.9 Å². The van der Waals surface area contributed by atoms with E-state index in [4.69, 9.17) is 5.73 Å². The molecule has 0 heterocycles. The Hall–Kier alpha value is -1.71. The summed E-state index contributed by atoms with van der Waals surface area (Å²) in [5.41, 5.74) is 9.51. The van der Waals surface area contributed by atoms with Gasteiger partial charge in [-0.25, -0.2) is 4.39 Å². The Balaban J connectivity index is 2.15. The van der Waals surface area contributed by atoms with Crippen molar-refractivity contribution in [2.45, 2.75) is 13.0 Å². The van der Waals surface area contributed by atoms with Gasteiger partial charge in [-0.15, -0.1) is 0 Å². The van der Waals surface area contributed by atoms with Crippen molar-refractivity contribution in [3.63, 3.8) is 0 Å². The summed E-state index contributed by atoms with van der Waals surface area (Å²) in [6.07, 6.45) is 0. The minimum absolute atomic E-state index is 0.214. The van der Waals surface area contributed by atoms with E-state index in [2.05, 4.69) is 22.0 Å². The zero-order chi connectivity index (χ0) is 15.0. The zero-order valence-electron chi connectivity index (χ0n) is 11.6. The van der Waals surface area contributed by atoms with Crippen LogP contribution in [0.2, 0.25) is 0 Å². The van der Waals surface area contributed by atoms with E-state index in [0.717, 1.165) is 26.5 Å². The maximum atomic E-state index is 13.9. The largest absolute Gasteiger partial charge is 0.320 e. The predicted octanol–water partition coefficient (Wildman–Crippen LogP) is 5.10. The number of halogens is 2. The molecule has 0 aliphatic carbocycles. The Bertz CT molecular complexity index is 813. The second kappa shape index (κ2) is 5.58. The van der Waals surface area contributed by atoms with Gasteiger partial charge in [0.2, 0.25) is 0 Å². The highest BCUT2D eigenvalue weighted by Crippen LogP contribution is 2.30. The third kappa shape index (κ3) is 2.59. The number of aryl methyl sites for hydroxylation is 1. The first-order valence-corrected chi connectivity index (χ1v) is 7.56. The van der Waals surface area contributed by atoms with E-state index in [9.17, 15) is 4.39 Å². The fraction of sp³-hybridized carbons (Fsp3) is 0.111. The topological polar surface area (TPSA) is 26.0 Å². The lowest BCUT2D eigenvalue weighted by Gasteiger charge is -2.16. The third-order valence-corrected chi connectivity index (χ3v) is 4.67. The first kappa shape index (κ1) is 14.2. The van der Waals surface area contributed by atoms with E-state index in [1.807, 2.05) is 37.3 Å². The van der Waals surface area contributed by atoms with Crippen LogP contribution in [-0.4, -0.2) is 0 Å². The Kier molecular flexibility index (Phi) is 3.79. The molecule has 0 aliphatic rings. The molecule has 0 amide bonds. The fourth-order valence-corrected chi connectivity index (χ4v) is 2.84. The van der Waals surface area contributed by atoms with Crippen molar-refractivity contribution in [1.82, 2.24) is 0 Å². The van der Waals surface area contributed by atoms with Gasteiger partial charge in [0, 0.05) is 9.86 Å². The molecule has 0 saturated heterocycles. The van der Waals surface area contributed by atoms with Gasteiger partial charge < -0.3 is 5.73 Å². The molecule has 0 spiro atoms. The monoisotopic (exact) mass is 343 g/mol. The Labute approximate surface area is 131 Å². The third-order valence-electron chi connectivity index (χ3n) is 3.78. The molecule has 0 aromatic heterocycles. The number of nitrogens with two attached hydrogens (primary N) is 1. The molecule has 1 unspecified atom stereocenters. The molecular formula is C18H15BrFN. The van der Waals surface area contributed by atoms with Gasteiger partial charge in [0.05, 0.1) is 6.04 Å². The predicted molar refractivity (Wildman–Crippen MR) is 88.8 cm³/mol. The minimum Gasteiger partial charge on any atom is -0.320 e. The summed E-state index contributed by atoms with van der Waals surface area (Å²) in [5.74, 6) is -0.214. The molecule has 3 aromatic carbocycles. The standard InChI is InChI=1S/C18H15BrFN/c1-11-10-12(6-8-16(11)19)18(21)15-7-9-17(20)14-5-3-2-4-13(14)15/h2-10,18H,21H2,1H3. The average molecular weight is 344 g/mol. The van der Waals surface area contributed by atoms with Gasteiger partial charge in [-0.1, -0.05) is 58.4 Å². The zero-order valence-corrected chi connectivity index (χ0v) is 13.2.